The molecule has 1 saturated heterocycles. The van der Waals surface area contributed by atoms with E-state index in [4.69, 9.17) is 4.74 Å². The van der Waals surface area contributed by atoms with Crippen molar-refractivity contribution in [2.45, 2.75) is 37.1 Å². The highest BCUT2D eigenvalue weighted by atomic mass is 32.2. The zero-order valence-corrected chi connectivity index (χ0v) is 14.0. The first-order chi connectivity index (χ1) is 10.3. The number of hydrogen-bond acceptors (Lipinski definition) is 4. The van der Waals surface area contributed by atoms with Crippen molar-refractivity contribution < 1.29 is 17.5 Å². The molecule has 0 aromatic heterocycles. The number of nitrogens with one attached hydrogen (secondary N) is 2. The van der Waals surface area contributed by atoms with Crippen LogP contribution in [0.1, 0.15) is 24.0 Å². The molecule has 1 heterocycles. The summed E-state index contributed by atoms with van der Waals surface area (Å²) >= 11 is 0. The second-order valence-electron chi connectivity index (χ2n) is 5.94. The number of hydrogen-bond donors (Lipinski definition) is 2. The van der Waals surface area contributed by atoms with Crippen LogP contribution in [-0.4, -0.2) is 40.8 Å². The van der Waals surface area contributed by atoms with E-state index in [1.54, 1.807) is 21.0 Å². The van der Waals surface area contributed by atoms with Gasteiger partial charge in [-0.1, -0.05) is 0 Å². The van der Waals surface area contributed by atoms with Gasteiger partial charge in [0.25, 0.3) is 0 Å². The van der Waals surface area contributed by atoms with Crippen LogP contribution in [0.5, 0.6) is 0 Å². The average molecular weight is 330 g/mol. The lowest BCUT2D eigenvalue weighted by Crippen LogP contribution is -2.52. The molecule has 0 saturated carbocycles. The SMILES string of the molecule is COCC1(CNS(=O)(=O)c2cc(C)c(F)c(C)c2)CCCN1. The third kappa shape index (κ3) is 3.65. The van der Waals surface area contributed by atoms with Gasteiger partial charge < -0.3 is 10.1 Å². The molecule has 2 rings (SSSR count). The van der Waals surface area contributed by atoms with Crippen LogP contribution in [0.25, 0.3) is 0 Å². The Hall–Kier alpha value is -1.02. The van der Waals surface area contributed by atoms with Crippen LogP contribution in [0.4, 0.5) is 4.39 Å². The fourth-order valence-electron chi connectivity index (χ4n) is 2.85. The van der Waals surface area contributed by atoms with Gasteiger partial charge in [0.2, 0.25) is 10.0 Å². The van der Waals surface area contributed by atoms with E-state index in [-0.39, 0.29) is 22.8 Å². The Morgan fingerprint density at radius 2 is 2.00 bits per heavy atom. The predicted octanol–water partition coefficient (Wildman–Crippen LogP) is 1.49. The van der Waals surface area contributed by atoms with Crippen LogP contribution in [-0.2, 0) is 14.8 Å². The first kappa shape index (κ1) is 17.3. The zero-order chi connectivity index (χ0) is 16.4. The molecule has 1 aliphatic heterocycles. The van der Waals surface area contributed by atoms with E-state index in [1.165, 1.54) is 12.1 Å². The number of halogens is 1. The fraction of sp³-hybridized carbons (Fsp3) is 0.600. The third-order valence-electron chi connectivity index (χ3n) is 4.07. The van der Waals surface area contributed by atoms with E-state index in [2.05, 4.69) is 10.0 Å². The van der Waals surface area contributed by atoms with Gasteiger partial charge >= 0.3 is 0 Å². The molecule has 0 amide bonds. The molecule has 7 heteroatoms. The van der Waals surface area contributed by atoms with Gasteiger partial charge in [0, 0.05) is 13.7 Å². The minimum Gasteiger partial charge on any atom is -0.383 e. The molecule has 0 bridgehead atoms. The number of methoxy groups -OCH3 is 1. The van der Waals surface area contributed by atoms with E-state index in [1.807, 2.05) is 0 Å². The van der Waals surface area contributed by atoms with Crippen molar-refractivity contribution in [2.24, 2.45) is 0 Å². The monoisotopic (exact) mass is 330 g/mol. The topological polar surface area (TPSA) is 67.4 Å². The highest BCUT2D eigenvalue weighted by Gasteiger charge is 2.34. The Morgan fingerprint density at radius 1 is 1.36 bits per heavy atom. The lowest BCUT2D eigenvalue weighted by Gasteiger charge is -2.28. The summed E-state index contributed by atoms with van der Waals surface area (Å²) in [4.78, 5) is 0.0921. The third-order valence-corrected chi connectivity index (χ3v) is 5.45. The van der Waals surface area contributed by atoms with Gasteiger partial charge in [-0.3, -0.25) is 0 Å². The molecule has 22 heavy (non-hydrogen) atoms. The minimum atomic E-state index is -3.68. The number of benzene rings is 1. The summed E-state index contributed by atoms with van der Waals surface area (Å²) in [7, 11) is -2.08. The molecular formula is C15H23FN2O3S. The second-order valence-corrected chi connectivity index (χ2v) is 7.71. The number of rotatable bonds is 6. The largest absolute Gasteiger partial charge is 0.383 e. The van der Waals surface area contributed by atoms with Crippen LogP contribution in [0.15, 0.2) is 17.0 Å². The van der Waals surface area contributed by atoms with Gasteiger partial charge in [0.15, 0.2) is 0 Å². The number of sulfonamides is 1. The van der Waals surface area contributed by atoms with Gasteiger partial charge in [-0.15, -0.1) is 0 Å². The van der Waals surface area contributed by atoms with Crippen molar-refractivity contribution in [3.8, 4) is 0 Å². The van der Waals surface area contributed by atoms with Gasteiger partial charge in [0.05, 0.1) is 17.0 Å². The van der Waals surface area contributed by atoms with Gasteiger partial charge in [-0.25, -0.2) is 17.5 Å². The molecule has 1 aromatic rings. The molecule has 1 fully saturated rings. The van der Waals surface area contributed by atoms with E-state index >= 15 is 0 Å². The smallest absolute Gasteiger partial charge is 0.240 e. The van der Waals surface area contributed by atoms with Crippen LogP contribution in [0, 0.1) is 19.7 Å². The molecule has 5 nitrogen and oxygen atoms in total. The number of aryl methyl sites for hydroxylation is 2. The van der Waals surface area contributed by atoms with Crippen molar-refractivity contribution in [1.82, 2.24) is 10.0 Å². The lowest BCUT2D eigenvalue weighted by atomic mass is 9.99. The highest BCUT2D eigenvalue weighted by Crippen LogP contribution is 2.21. The normalized spacial score (nSPS) is 22.2. The summed E-state index contributed by atoms with van der Waals surface area (Å²) in [6.07, 6.45) is 1.84. The molecule has 2 N–H and O–H groups in total. The molecular weight excluding hydrogens is 307 g/mol. The predicted molar refractivity (Wildman–Crippen MR) is 82.9 cm³/mol. The minimum absolute atomic E-state index is 0.0921. The molecule has 0 aliphatic carbocycles. The van der Waals surface area contributed by atoms with Crippen molar-refractivity contribution in [1.29, 1.82) is 0 Å². The van der Waals surface area contributed by atoms with E-state index in [0.717, 1.165) is 19.4 Å². The van der Waals surface area contributed by atoms with Crippen molar-refractivity contribution in [3.63, 3.8) is 0 Å². The van der Waals surface area contributed by atoms with Crippen molar-refractivity contribution in [3.05, 3.63) is 29.1 Å². The highest BCUT2D eigenvalue weighted by molar-refractivity contribution is 7.89. The fourth-order valence-corrected chi connectivity index (χ4v) is 4.14. The van der Waals surface area contributed by atoms with E-state index in [9.17, 15) is 12.8 Å². The quantitative estimate of drug-likeness (QED) is 0.829. The first-order valence-electron chi connectivity index (χ1n) is 7.30. The molecule has 124 valence electrons. The van der Waals surface area contributed by atoms with Crippen LogP contribution in [0.2, 0.25) is 0 Å². The molecule has 1 aromatic carbocycles. The lowest BCUT2D eigenvalue weighted by molar-refractivity contribution is 0.122. The van der Waals surface area contributed by atoms with Crippen molar-refractivity contribution >= 4 is 10.0 Å². The van der Waals surface area contributed by atoms with Crippen LogP contribution >= 0.6 is 0 Å². The van der Waals surface area contributed by atoms with Crippen LogP contribution in [0.3, 0.4) is 0 Å². The van der Waals surface area contributed by atoms with Gasteiger partial charge in [0.1, 0.15) is 5.82 Å². The van der Waals surface area contributed by atoms with Gasteiger partial charge in [-0.2, -0.15) is 0 Å². The van der Waals surface area contributed by atoms with Crippen molar-refractivity contribution in [2.75, 3.05) is 26.8 Å². The zero-order valence-electron chi connectivity index (χ0n) is 13.2. The average Bonchev–Trinajstić information content (AvgIpc) is 2.92. The maximum Gasteiger partial charge on any atom is 0.240 e. The Bertz CT molecular complexity index is 617. The van der Waals surface area contributed by atoms with Crippen LogP contribution < -0.4 is 10.0 Å². The first-order valence-corrected chi connectivity index (χ1v) is 8.78. The summed E-state index contributed by atoms with van der Waals surface area (Å²) in [5.74, 6) is -0.368. The molecule has 0 spiro atoms. The molecule has 1 aliphatic rings. The summed E-state index contributed by atoms with van der Waals surface area (Å²) < 4.78 is 46.4. The molecule has 1 unspecified atom stereocenters. The summed E-state index contributed by atoms with van der Waals surface area (Å²) in [5, 5.41) is 3.32. The molecule has 1 atom stereocenters. The van der Waals surface area contributed by atoms with E-state index < -0.39 is 10.0 Å². The Balaban J connectivity index is 2.17. The maximum absolute atomic E-state index is 13.7. The summed E-state index contributed by atoms with van der Waals surface area (Å²) in [5.41, 5.74) is 0.281. The summed E-state index contributed by atoms with van der Waals surface area (Å²) in [6.45, 7) is 4.66. The summed E-state index contributed by atoms with van der Waals surface area (Å²) in [6, 6.07) is 2.71. The Labute approximate surface area is 131 Å². The Kier molecular flexibility index (Phi) is 5.21. The van der Waals surface area contributed by atoms with Gasteiger partial charge in [-0.05, 0) is 56.5 Å². The standard InChI is InChI=1S/C15H23FN2O3S/c1-11-7-13(8-12(2)14(11)16)22(19,20)18-9-15(10-21-3)5-4-6-17-15/h7-8,17-18H,4-6,9-10H2,1-3H3. The second kappa shape index (κ2) is 6.62. The molecule has 0 radical (unpaired) electrons. The number of ether oxygens (including phenoxy) is 1. The maximum atomic E-state index is 13.7. The Morgan fingerprint density at radius 3 is 2.50 bits per heavy atom. The van der Waals surface area contributed by atoms with E-state index in [0.29, 0.717) is 17.7 Å².